The lowest BCUT2D eigenvalue weighted by Crippen LogP contribution is -2.51. The molecular weight excluding hydrogens is 482 g/mol. The Morgan fingerprint density at radius 3 is 2.50 bits per heavy atom. The SMILES string of the molecule is CCc1ccccc1Oc1ccccc1[C@](O)(CCCCOC)C1CCCN(C(=O)N2C[C@@H](N)[C@@H](O)C2)C1. The number of methoxy groups -OCH3 is 1. The number of carbonyl (C=O) groups excluding carboxylic acids is 1. The number of urea groups is 1. The molecule has 4 atom stereocenters. The van der Waals surface area contributed by atoms with E-state index in [0.29, 0.717) is 38.4 Å². The number of hydrogen-bond acceptors (Lipinski definition) is 6. The third-order valence-electron chi connectivity index (χ3n) is 8.05. The van der Waals surface area contributed by atoms with Gasteiger partial charge in [-0.15, -0.1) is 0 Å². The predicted molar refractivity (Wildman–Crippen MR) is 147 cm³/mol. The molecule has 38 heavy (non-hydrogen) atoms. The van der Waals surface area contributed by atoms with Crippen LogP contribution in [0, 0.1) is 5.92 Å². The molecule has 2 aromatic carbocycles. The van der Waals surface area contributed by atoms with E-state index in [4.69, 9.17) is 15.2 Å². The topological polar surface area (TPSA) is 108 Å². The molecule has 2 heterocycles. The molecule has 1 unspecified atom stereocenters. The summed E-state index contributed by atoms with van der Waals surface area (Å²) >= 11 is 0. The molecule has 8 heteroatoms. The van der Waals surface area contributed by atoms with Crippen LogP contribution in [-0.2, 0) is 16.8 Å². The van der Waals surface area contributed by atoms with E-state index in [9.17, 15) is 15.0 Å². The summed E-state index contributed by atoms with van der Waals surface area (Å²) in [5.74, 6) is 1.25. The number of hydrogen-bond donors (Lipinski definition) is 3. The smallest absolute Gasteiger partial charge is 0.320 e. The number of aliphatic hydroxyl groups excluding tert-OH is 1. The highest BCUT2D eigenvalue weighted by molar-refractivity contribution is 5.75. The van der Waals surface area contributed by atoms with Gasteiger partial charge in [0.1, 0.15) is 11.5 Å². The van der Waals surface area contributed by atoms with Crippen LogP contribution in [-0.4, -0.2) is 78.1 Å². The molecule has 2 amide bonds. The van der Waals surface area contributed by atoms with Crippen molar-refractivity contribution in [2.45, 2.75) is 63.2 Å². The molecule has 4 N–H and O–H groups in total. The maximum atomic E-state index is 13.3. The number of piperidine rings is 1. The zero-order valence-electron chi connectivity index (χ0n) is 22.7. The van der Waals surface area contributed by atoms with Crippen molar-refractivity contribution in [1.29, 1.82) is 0 Å². The van der Waals surface area contributed by atoms with Crippen LogP contribution in [0.2, 0.25) is 0 Å². The van der Waals surface area contributed by atoms with Gasteiger partial charge < -0.3 is 35.2 Å². The maximum Gasteiger partial charge on any atom is 0.320 e. The zero-order chi connectivity index (χ0) is 27.1. The highest BCUT2D eigenvalue weighted by atomic mass is 16.5. The van der Waals surface area contributed by atoms with Crippen LogP contribution >= 0.6 is 0 Å². The van der Waals surface area contributed by atoms with Crippen molar-refractivity contribution in [1.82, 2.24) is 9.80 Å². The number of likely N-dealkylation sites (tertiary alicyclic amines) is 2. The highest BCUT2D eigenvalue weighted by Crippen LogP contribution is 2.44. The first-order valence-corrected chi connectivity index (χ1v) is 13.9. The van der Waals surface area contributed by atoms with Crippen LogP contribution in [0.1, 0.15) is 50.2 Å². The number of para-hydroxylation sites is 2. The van der Waals surface area contributed by atoms with Gasteiger partial charge >= 0.3 is 6.03 Å². The summed E-state index contributed by atoms with van der Waals surface area (Å²) in [6, 6.07) is 15.2. The fourth-order valence-corrected chi connectivity index (χ4v) is 5.84. The first-order valence-electron chi connectivity index (χ1n) is 13.9. The lowest BCUT2D eigenvalue weighted by atomic mass is 9.73. The van der Waals surface area contributed by atoms with Crippen LogP contribution < -0.4 is 10.5 Å². The van der Waals surface area contributed by atoms with Gasteiger partial charge in [-0.05, 0) is 56.2 Å². The average Bonchev–Trinajstić information content (AvgIpc) is 3.29. The van der Waals surface area contributed by atoms with E-state index in [0.717, 1.165) is 49.0 Å². The molecule has 2 aliphatic heterocycles. The van der Waals surface area contributed by atoms with Gasteiger partial charge in [0.25, 0.3) is 0 Å². The van der Waals surface area contributed by atoms with Crippen LogP contribution in [0.25, 0.3) is 0 Å². The number of amides is 2. The predicted octanol–water partition coefficient (Wildman–Crippen LogP) is 3.88. The molecule has 0 bridgehead atoms. The normalized spacial score (nSPS) is 23.3. The van der Waals surface area contributed by atoms with Crippen molar-refractivity contribution in [3.8, 4) is 11.5 Å². The number of rotatable bonds is 10. The van der Waals surface area contributed by atoms with E-state index in [2.05, 4.69) is 13.0 Å². The van der Waals surface area contributed by atoms with Gasteiger partial charge in [-0.3, -0.25) is 0 Å². The molecule has 2 aliphatic rings. The van der Waals surface area contributed by atoms with Gasteiger partial charge in [0.05, 0.1) is 11.7 Å². The van der Waals surface area contributed by atoms with Crippen LogP contribution in [0.15, 0.2) is 48.5 Å². The van der Waals surface area contributed by atoms with E-state index in [1.54, 1.807) is 12.0 Å². The quantitative estimate of drug-likeness (QED) is 0.406. The van der Waals surface area contributed by atoms with Gasteiger partial charge in [0, 0.05) is 57.4 Å². The van der Waals surface area contributed by atoms with Crippen molar-refractivity contribution < 1.29 is 24.5 Å². The summed E-state index contributed by atoms with van der Waals surface area (Å²) in [5.41, 5.74) is 6.63. The molecule has 2 fully saturated rings. The van der Waals surface area contributed by atoms with E-state index in [1.165, 1.54) is 0 Å². The number of β-amino-alcohol motifs (C(OH)–C–C–N with tert-alkyl or cyclic N) is 1. The zero-order valence-corrected chi connectivity index (χ0v) is 22.7. The molecule has 4 rings (SSSR count). The fraction of sp³-hybridized carbons (Fsp3) is 0.567. The maximum absolute atomic E-state index is 13.3. The minimum Gasteiger partial charge on any atom is -0.457 e. The number of aliphatic hydroxyl groups is 2. The van der Waals surface area contributed by atoms with E-state index < -0.39 is 17.7 Å². The third kappa shape index (κ3) is 6.31. The molecule has 8 nitrogen and oxygen atoms in total. The largest absolute Gasteiger partial charge is 0.457 e. The Morgan fingerprint density at radius 1 is 1.05 bits per heavy atom. The lowest BCUT2D eigenvalue weighted by Gasteiger charge is -2.44. The van der Waals surface area contributed by atoms with Crippen molar-refractivity contribution in [3.63, 3.8) is 0 Å². The average molecular weight is 526 g/mol. The lowest BCUT2D eigenvalue weighted by molar-refractivity contribution is -0.0587. The third-order valence-corrected chi connectivity index (χ3v) is 8.05. The monoisotopic (exact) mass is 525 g/mol. The summed E-state index contributed by atoms with van der Waals surface area (Å²) in [4.78, 5) is 16.8. The second kappa shape index (κ2) is 12.9. The minimum absolute atomic E-state index is 0.121. The molecule has 0 aromatic heterocycles. The van der Waals surface area contributed by atoms with Crippen molar-refractivity contribution in [3.05, 3.63) is 59.7 Å². The number of ether oxygens (including phenoxy) is 2. The molecule has 2 aromatic rings. The van der Waals surface area contributed by atoms with Crippen LogP contribution in [0.4, 0.5) is 4.79 Å². The standard InChI is InChI=1S/C30H43N3O5/c1-3-22-11-4-6-14-27(22)38-28-15-7-5-13-24(28)30(36,16-8-9-18-37-2)23-12-10-17-32(19-23)29(35)33-20-25(31)26(34)21-33/h4-7,11,13-15,23,25-26,34,36H,3,8-10,12,16-21,31H2,1-2H3/t23?,25-,26+,30+/m1/s1. The van der Waals surface area contributed by atoms with Crippen molar-refractivity contribution in [2.24, 2.45) is 11.7 Å². The Labute approximate surface area is 226 Å². The van der Waals surface area contributed by atoms with E-state index in [-0.39, 0.29) is 18.5 Å². The Bertz CT molecular complexity index is 1060. The van der Waals surface area contributed by atoms with Gasteiger partial charge in [-0.25, -0.2) is 4.79 Å². The fourth-order valence-electron chi connectivity index (χ4n) is 5.84. The Morgan fingerprint density at radius 2 is 1.79 bits per heavy atom. The summed E-state index contributed by atoms with van der Waals surface area (Å²) in [6.07, 6.45) is 3.88. The highest BCUT2D eigenvalue weighted by Gasteiger charge is 2.44. The first kappa shape index (κ1) is 28.4. The van der Waals surface area contributed by atoms with E-state index in [1.807, 2.05) is 47.4 Å². The van der Waals surface area contributed by atoms with Gasteiger partial charge in [-0.1, -0.05) is 43.3 Å². The molecule has 0 saturated carbocycles. The Kier molecular flexibility index (Phi) is 9.65. The van der Waals surface area contributed by atoms with Crippen LogP contribution in [0.5, 0.6) is 11.5 Å². The number of benzene rings is 2. The number of nitrogens with zero attached hydrogens (tertiary/aromatic N) is 2. The van der Waals surface area contributed by atoms with Crippen molar-refractivity contribution in [2.75, 3.05) is 39.9 Å². The Hall–Kier alpha value is -2.65. The molecule has 0 radical (unpaired) electrons. The molecule has 2 saturated heterocycles. The summed E-state index contributed by atoms with van der Waals surface area (Å²) < 4.78 is 11.7. The van der Waals surface area contributed by atoms with E-state index >= 15 is 0 Å². The van der Waals surface area contributed by atoms with Crippen LogP contribution in [0.3, 0.4) is 0 Å². The minimum atomic E-state index is -1.19. The second-order valence-corrected chi connectivity index (χ2v) is 10.6. The Balaban J connectivity index is 1.62. The number of nitrogens with two attached hydrogens (primary N) is 1. The first-order chi connectivity index (χ1) is 18.4. The molecular formula is C30H43N3O5. The van der Waals surface area contributed by atoms with Crippen molar-refractivity contribution >= 4 is 6.03 Å². The summed E-state index contributed by atoms with van der Waals surface area (Å²) in [6.45, 7) is 4.37. The van der Waals surface area contributed by atoms with Gasteiger partial charge in [0.2, 0.25) is 0 Å². The number of unbranched alkanes of at least 4 members (excludes halogenated alkanes) is 1. The number of aryl methyl sites for hydroxylation is 1. The van der Waals surface area contributed by atoms with Gasteiger partial charge in [-0.2, -0.15) is 0 Å². The molecule has 208 valence electrons. The molecule has 0 spiro atoms. The molecule has 0 aliphatic carbocycles. The summed E-state index contributed by atoms with van der Waals surface area (Å²) in [5, 5.41) is 22.6. The summed E-state index contributed by atoms with van der Waals surface area (Å²) in [7, 11) is 1.69. The van der Waals surface area contributed by atoms with Gasteiger partial charge in [0.15, 0.2) is 0 Å². The second-order valence-electron chi connectivity index (χ2n) is 10.6. The number of carbonyl (C=O) groups is 1.